The minimum Gasteiger partial charge on any atom is -0.438 e. The van der Waals surface area contributed by atoms with E-state index in [0.717, 1.165) is 18.4 Å². The van der Waals surface area contributed by atoms with E-state index in [2.05, 4.69) is 29.2 Å². The summed E-state index contributed by atoms with van der Waals surface area (Å²) in [7, 11) is 0. The van der Waals surface area contributed by atoms with Crippen molar-refractivity contribution < 1.29 is 9.15 Å². The molecule has 21 heavy (non-hydrogen) atoms. The zero-order chi connectivity index (χ0) is 14.5. The maximum Gasteiger partial charge on any atom is 0.221 e. The Bertz CT molecular complexity index is 707. The zero-order valence-corrected chi connectivity index (χ0v) is 11.8. The molecule has 0 amide bonds. The largest absolute Gasteiger partial charge is 0.438 e. The first-order chi connectivity index (χ1) is 10.3. The number of anilines is 1. The lowest BCUT2D eigenvalue weighted by molar-refractivity contribution is 0.102. The minimum atomic E-state index is 0.392. The van der Waals surface area contributed by atoms with Gasteiger partial charge in [-0.3, -0.25) is 0 Å². The number of aromatic nitrogens is 1. The number of ether oxygens (including phenoxy) is 1. The van der Waals surface area contributed by atoms with E-state index >= 15 is 0 Å². The quantitative estimate of drug-likeness (QED) is 0.554. The number of benzene rings is 2. The molecule has 3 aromatic rings. The van der Waals surface area contributed by atoms with E-state index in [-0.39, 0.29) is 0 Å². The number of nitrogens with zero attached hydrogens (tertiary/aromatic N) is 1. The molecular weight excluding hydrogens is 264 g/mol. The van der Waals surface area contributed by atoms with Crippen LogP contribution in [0.3, 0.4) is 0 Å². The van der Waals surface area contributed by atoms with Gasteiger partial charge >= 0.3 is 0 Å². The normalized spacial score (nSPS) is 11.0. The Labute approximate surface area is 123 Å². The van der Waals surface area contributed by atoms with Crippen LogP contribution in [0.5, 0.6) is 0 Å². The molecule has 1 aromatic heterocycles. The number of nitrogens with two attached hydrogens (primary N) is 1. The van der Waals surface area contributed by atoms with E-state index in [0.29, 0.717) is 30.4 Å². The van der Waals surface area contributed by atoms with Gasteiger partial charge in [0.1, 0.15) is 12.1 Å². The molecule has 0 unspecified atom stereocenters. The lowest BCUT2D eigenvalue weighted by Crippen LogP contribution is -1.97. The summed E-state index contributed by atoms with van der Waals surface area (Å²) in [6.07, 6.45) is 2.00. The third-order valence-corrected chi connectivity index (χ3v) is 3.28. The van der Waals surface area contributed by atoms with Crippen molar-refractivity contribution in [2.45, 2.75) is 19.4 Å². The summed E-state index contributed by atoms with van der Waals surface area (Å²) in [5, 5.41) is 0. The molecule has 0 saturated carbocycles. The Morgan fingerprint density at radius 3 is 2.81 bits per heavy atom. The number of oxazole rings is 1. The summed E-state index contributed by atoms with van der Waals surface area (Å²) in [5.41, 5.74) is 9.23. The second kappa shape index (κ2) is 6.41. The Morgan fingerprint density at radius 2 is 1.95 bits per heavy atom. The van der Waals surface area contributed by atoms with Crippen molar-refractivity contribution in [2.75, 3.05) is 12.3 Å². The second-order valence-electron chi connectivity index (χ2n) is 4.98. The SMILES string of the molecule is Nc1ccc2nc(COCCCc3ccccc3)oc2c1. The van der Waals surface area contributed by atoms with Crippen LogP contribution >= 0.6 is 0 Å². The lowest BCUT2D eigenvalue weighted by atomic mass is 10.1. The maximum absolute atomic E-state index is 5.71. The molecule has 0 saturated heterocycles. The number of hydrogen-bond acceptors (Lipinski definition) is 4. The molecule has 0 atom stereocenters. The summed E-state index contributed by atoms with van der Waals surface area (Å²) in [6, 6.07) is 15.8. The van der Waals surface area contributed by atoms with E-state index in [1.54, 1.807) is 6.07 Å². The van der Waals surface area contributed by atoms with Gasteiger partial charge in [0.15, 0.2) is 5.58 Å². The number of fused-ring (bicyclic) bond motifs is 1. The van der Waals surface area contributed by atoms with Crippen molar-refractivity contribution >= 4 is 16.8 Å². The van der Waals surface area contributed by atoms with Gasteiger partial charge in [0.05, 0.1) is 0 Å². The molecule has 0 aliphatic heterocycles. The average Bonchev–Trinajstić information content (AvgIpc) is 2.90. The van der Waals surface area contributed by atoms with Gasteiger partial charge in [-0.2, -0.15) is 0 Å². The molecule has 0 radical (unpaired) electrons. The van der Waals surface area contributed by atoms with E-state index in [1.807, 2.05) is 18.2 Å². The smallest absolute Gasteiger partial charge is 0.221 e. The maximum atomic E-state index is 5.71. The highest BCUT2D eigenvalue weighted by molar-refractivity contribution is 5.76. The number of rotatable bonds is 6. The molecule has 3 rings (SSSR count). The van der Waals surface area contributed by atoms with Gasteiger partial charge < -0.3 is 14.9 Å². The predicted octanol–water partition coefficient (Wildman–Crippen LogP) is 3.56. The van der Waals surface area contributed by atoms with Crippen LogP contribution in [0.25, 0.3) is 11.1 Å². The van der Waals surface area contributed by atoms with Gasteiger partial charge in [0.2, 0.25) is 5.89 Å². The van der Waals surface area contributed by atoms with Crippen molar-refractivity contribution in [1.29, 1.82) is 0 Å². The third kappa shape index (κ3) is 3.61. The van der Waals surface area contributed by atoms with Gasteiger partial charge in [0.25, 0.3) is 0 Å². The van der Waals surface area contributed by atoms with Gasteiger partial charge in [-0.1, -0.05) is 30.3 Å². The fourth-order valence-electron chi connectivity index (χ4n) is 2.23. The van der Waals surface area contributed by atoms with Crippen molar-refractivity contribution in [1.82, 2.24) is 4.98 Å². The predicted molar refractivity (Wildman–Crippen MR) is 82.8 cm³/mol. The molecule has 2 aromatic carbocycles. The van der Waals surface area contributed by atoms with Crippen molar-refractivity contribution in [3.05, 3.63) is 60.0 Å². The van der Waals surface area contributed by atoms with E-state index in [9.17, 15) is 0 Å². The first-order valence-electron chi connectivity index (χ1n) is 7.08. The standard InChI is InChI=1S/C17H18N2O2/c18-14-8-9-15-16(11-14)21-17(19-15)12-20-10-4-7-13-5-2-1-3-6-13/h1-3,5-6,8-9,11H,4,7,10,12,18H2. The molecule has 4 heteroatoms. The summed E-state index contributed by atoms with van der Waals surface area (Å²) in [4.78, 5) is 4.36. The van der Waals surface area contributed by atoms with Crippen LogP contribution < -0.4 is 5.73 Å². The molecule has 1 heterocycles. The highest BCUT2D eigenvalue weighted by Crippen LogP contribution is 2.18. The second-order valence-corrected chi connectivity index (χ2v) is 4.98. The van der Waals surface area contributed by atoms with E-state index in [4.69, 9.17) is 14.9 Å². The summed E-state index contributed by atoms with van der Waals surface area (Å²) >= 11 is 0. The summed E-state index contributed by atoms with van der Waals surface area (Å²) < 4.78 is 11.2. The first-order valence-corrected chi connectivity index (χ1v) is 7.08. The Morgan fingerprint density at radius 1 is 1.10 bits per heavy atom. The molecule has 0 aliphatic carbocycles. The molecule has 0 fully saturated rings. The minimum absolute atomic E-state index is 0.392. The fraction of sp³-hybridized carbons (Fsp3) is 0.235. The van der Waals surface area contributed by atoms with Gasteiger partial charge in [-0.05, 0) is 30.5 Å². The first kappa shape index (κ1) is 13.6. The third-order valence-electron chi connectivity index (χ3n) is 3.28. The van der Waals surface area contributed by atoms with Crippen LogP contribution in [0.4, 0.5) is 5.69 Å². The van der Waals surface area contributed by atoms with Crippen LogP contribution in [0.1, 0.15) is 17.9 Å². The van der Waals surface area contributed by atoms with Crippen LogP contribution in [0.15, 0.2) is 52.9 Å². The number of aryl methyl sites for hydroxylation is 1. The summed E-state index contributed by atoms with van der Waals surface area (Å²) in [6.45, 7) is 1.08. The molecule has 0 spiro atoms. The number of nitrogen functional groups attached to an aromatic ring is 1. The molecule has 0 bridgehead atoms. The Balaban J connectivity index is 1.46. The Hall–Kier alpha value is -2.33. The van der Waals surface area contributed by atoms with E-state index in [1.165, 1.54) is 5.56 Å². The molecule has 4 nitrogen and oxygen atoms in total. The van der Waals surface area contributed by atoms with Crippen LogP contribution in [0, 0.1) is 0 Å². The van der Waals surface area contributed by atoms with Crippen LogP contribution in [0.2, 0.25) is 0 Å². The monoisotopic (exact) mass is 282 g/mol. The van der Waals surface area contributed by atoms with Crippen molar-refractivity contribution in [3.63, 3.8) is 0 Å². The highest BCUT2D eigenvalue weighted by atomic mass is 16.5. The fourth-order valence-corrected chi connectivity index (χ4v) is 2.23. The Kier molecular flexibility index (Phi) is 4.17. The van der Waals surface area contributed by atoms with Gasteiger partial charge in [0, 0.05) is 18.4 Å². The van der Waals surface area contributed by atoms with E-state index < -0.39 is 0 Å². The molecule has 2 N–H and O–H groups in total. The molecule has 0 aliphatic rings. The summed E-state index contributed by atoms with van der Waals surface area (Å²) in [5.74, 6) is 0.593. The average molecular weight is 282 g/mol. The van der Waals surface area contributed by atoms with Crippen molar-refractivity contribution in [2.24, 2.45) is 0 Å². The zero-order valence-electron chi connectivity index (χ0n) is 11.8. The van der Waals surface area contributed by atoms with Crippen LogP contribution in [-0.2, 0) is 17.8 Å². The molecular formula is C17H18N2O2. The lowest BCUT2D eigenvalue weighted by Gasteiger charge is -2.02. The molecule has 108 valence electrons. The van der Waals surface area contributed by atoms with Gasteiger partial charge in [-0.25, -0.2) is 4.98 Å². The van der Waals surface area contributed by atoms with Gasteiger partial charge in [-0.15, -0.1) is 0 Å². The highest BCUT2D eigenvalue weighted by Gasteiger charge is 2.05. The van der Waals surface area contributed by atoms with Crippen molar-refractivity contribution in [3.8, 4) is 0 Å². The van der Waals surface area contributed by atoms with Crippen LogP contribution in [-0.4, -0.2) is 11.6 Å². The topological polar surface area (TPSA) is 61.3 Å². The number of hydrogen-bond donors (Lipinski definition) is 1.